The first-order chi connectivity index (χ1) is 14.5. The fourth-order valence-corrected chi connectivity index (χ4v) is 4.88. The van der Waals surface area contributed by atoms with Gasteiger partial charge in [-0.25, -0.2) is 14.2 Å². The van der Waals surface area contributed by atoms with Gasteiger partial charge in [-0.1, -0.05) is 83.2 Å². The molecule has 0 aliphatic heterocycles. The molecule has 0 amide bonds. The van der Waals surface area contributed by atoms with E-state index >= 15 is 0 Å². The van der Waals surface area contributed by atoms with Crippen molar-refractivity contribution in [3.63, 3.8) is 0 Å². The van der Waals surface area contributed by atoms with E-state index in [2.05, 4.69) is 57.3 Å². The monoisotopic (exact) mass is 452 g/mol. The first kappa shape index (κ1) is 23.0. The van der Waals surface area contributed by atoms with Crippen LogP contribution in [0.4, 0.5) is 20.8 Å². The number of nitrogens with zero attached hydrogens (tertiary/aromatic N) is 6. The van der Waals surface area contributed by atoms with Crippen molar-refractivity contribution in [1.29, 1.82) is 0 Å². The van der Waals surface area contributed by atoms with Gasteiger partial charge in [-0.15, -0.1) is 10.2 Å². The van der Waals surface area contributed by atoms with E-state index in [1.807, 2.05) is 46.0 Å². The van der Waals surface area contributed by atoms with Crippen molar-refractivity contribution >= 4 is 43.7 Å². The van der Waals surface area contributed by atoms with Crippen molar-refractivity contribution in [3.8, 4) is 0 Å². The summed E-state index contributed by atoms with van der Waals surface area (Å²) in [5, 5.41) is 11.2. The lowest BCUT2D eigenvalue weighted by atomic mass is 9.91. The highest BCUT2D eigenvalue weighted by Crippen LogP contribution is 2.44. The zero-order valence-electron chi connectivity index (χ0n) is 19.1. The molecule has 2 aromatic heterocycles. The first-order valence-electron chi connectivity index (χ1n) is 10.1. The molecule has 162 valence electrons. The van der Waals surface area contributed by atoms with Gasteiger partial charge in [0, 0.05) is 19.0 Å². The van der Waals surface area contributed by atoms with E-state index < -0.39 is 0 Å². The third kappa shape index (κ3) is 5.35. The molecule has 0 bridgehead atoms. The summed E-state index contributed by atoms with van der Waals surface area (Å²) in [6.45, 7) is 20.9. The standard InChI is InChI=1S/C23H28N6S2/c1-22(2,3)17-16(24-7)19(31-28-17)26-27-20-18(23(4,5)6)25-21(30-20)29(8)14-15-12-10-9-11-13-15/h9-13H,14H2,1-6,8H3. The van der Waals surface area contributed by atoms with Crippen molar-refractivity contribution in [2.24, 2.45) is 10.2 Å². The summed E-state index contributed by atoms with van der Waals surface area (Å²) in [4.78, 5) is 10.7. The molecular weight excluding hydrogens is 424 g/mol. The summed E-state index contributed by atoms with van der Waals surface area (Å²) >= 11 is 2.74. The predicted molar refractivity (Wildman–Crippen MR) is 131 cm³/mol. The van der Waals surface area contributed by atoms with Gasteiger partial charge in [0.1, 0.15) is 0 Å². The molecule has 0 aliphatic rings. The quantitative estimate of drug-likeness (QED) is 0.293. The Morgan fingerprint density at radius 2 is 1.58 bits per heavy atom. The summed E-state index contributed by atoms with van der Waals surface area (Å²) in [6, 6.07) is 10.3. The maximum Gasteiger partial charge on any atom is 0.248 e. The highest BCUT2D eigenvalue weighted by molar-refractivity contribution is 7.19. The molecule has 0 spiro atoms. The average Bonchev–Trinajstić information content (AvgIpc) is 3.30. The van der Waals surface area contributed by atoms with E-state index in [1.165, 1.54) is 28.4 Å². The van der Waals surface area contributed by atoms with E-state index in [4.69, 9.17) is 11.6 Å². The average molecular weight is 453 g/mol. The molecule has 0 unspecified atom stereocenters. The zero-order valence-corrected chi connectivity index (χ0v) is 20.7. The van der Waals surface area contributed by atoms with Crippen molar-refractivity contribution in [2.75, 3.05) is 11.9 Å². The summed E-state index contributed by atoms with van der Waals surface area (Å²) < 4.78 is 4.48. The number of hydrogen-bond donors (Lipinski definition) is 0. The van der Waals surface area contributed by atoms with Crippen LogP contribution in [0.2, 0.25) is 0 Å². The number of azo groups is 1. The van der Waals surface area contributed by atoms with Gasteiger partial charge in [0.2, 0.25) is 5.69 Å². The molecule has 3 rings (SSSR count). The van der Waals surface area contributed by atoms with Crippen molar-refractivity contribution in [3.05, 3.63) is 58.7 Å². The molecule has 6 nitrogen and oxygen atoms in total. The van der Waals surface area contributed by atoms with Gasteiger partial charge in [0.05, 0.1) is 18.0 Å². The predicted octanol–water partition coefficient (Wildman–Crippen LogP) is 7.80. The minimum Gasteiger partial charge on any atom is -0.347 e. The van der Waals surface area contributed by atoms with Gasteiger partial charge in [-0.3, -0.25) is 0 Å². The molecule has 0 aliphatic carbocycles. The van der Waals surface area contributed by atoms with E-state index in [1.54, 1.807) is 0 Å². The molecule has 3 aromatic rings. The van der Waals surface area contributed by atoms with Crippen LogP contribution in [0.25, 0.3) is 4.85 Å². The van der Waals surface area contributed by atoms with Crippen LogP contribution in [-0.2, 0) is 17.4 Å². The van der Waals surface area contributed by atoms with E-state index in [-0.39, 0.29) is 10.8 Å². The van der Waals surface area contributed by atoms with Gasteiger partial charge < -0.3 is 4.90 Å². The Bertz CT molecular complexity index is 1110. The van der Waals surface area contributed by atoms with Crippen LogP contribution >= 0.6 is 22.9 Å². The summed E-state index contributed by atoms with van der Waals surface area (Å²) in [7, 11) is 2.04. The smallest absolute Gasteiger partial charge is 0.248 e. The number of hydrogen-bond acceptors (Lipinski definition) is 7. The van der Waals surface area contributed by atoms with E-state index in [9.17, 15) is 0 Å². The molecule has 0 atom stereocenters. The molecule has 2 heterocycles. The molecule has 0 radical (unpaired) electrons. The molecule has 31 heavy (non-hydrogen) atoms. The van der Waals surface area contributed by atoms with Crippen molar-refractivity contribution < 1.29 is 0 Å². The lowest BCUT2D eigenvalue weighted by Crippen LogP contribution is -2.17. The summed E-state index contributed by atoms with van der Waals surface area (Å²) in [5.74, 6) is 0. The lowest BCUT2D eigenvalue weighted by molar-refractivity contribution is 0.573. The second kappa shape index (κ2) is 8.85. The summed E-state index contributed by atoms with van der Waals surface area (Å²) in [5.41, 5.74) is 3.00. The minimum absolute atomic E-state index is 0.177. The third-order valence-electron chi connectivity index (χ3n) is 4.60. The van der Waals surface area contributed by atoms with Crippen LogP contribution in [0.15, 0.2) is 40.6 Å². The summed E-state index contributed by atoms with van der Waals surface area (Å²) in [6.07, 6.45) is 0. The normalized spacial score (nSPS) is 12.3. The van der Waals surface area contributed by atoms with Gasteiger partial charge in [0.25, 0.3) is 0 Å². The Kier molecular flexibility index (Phi) is 6.58. The third-order valence-corrected chi connectivity index (χ3v) is 6.38. The van der Waals surface area contributed by atoms with Gasteiger partial charge >= 0.3 is 0 Å². The fraction of sp³-hybridized carbons (Fsp3) is 0.435. The molecule has 0 saturated heterocycles. The van der Waals surface area contributed by atoms with Gasteiger partial charge in [-0.2, -0.15) is 0 Å². The highest BCUT2D eigenvalue weighted by atomic mass is 32.1. The first-order valence-corrected chi connectivity index (χ1v) is 11.7. The van der Waals surface area contributed by atoms with E-state index in [0.717, 1.165) is 28.1 Å². The van der Waals surface area contributed by atoms with Crippen LogP contribution in [0.3, 0.4) is 0 Å². The van der Waals surface area contributed by atoms with Gasteiger partial charge in [-0.05, 0) is 22.5 Å². The van der Waals surface area contributed by atoms with Crippen LogP contribution in [0.5, 0.6) is 0 Å². The van der Waals surface area contributed by atoms with Crippen LogP contribution in [-0.4, -0.2) is 16.4 Å². The number of thiazole rings is 1. The van der Waals surface area contributed by atoms with Crippen molar-refractivity contribution in [2.45, 2.75) is 58.9 Å². The largest absolute Gasteiger partial charge is 0.347 e. The second-order valence-electron chi connectivity index (χ2n) is 9.49. The SMILES string of the molecule is [C-]#[N+]c1c(C(C)(C)C)nsc1N=Nc1sc(N(C)Cc2ccccc2)nc1C(C)(C)C. The Hall–Kier alpha value is -2.63. The van der Waals surface area contributed by atoms with Gasteiger partial charge in [0.15, 0.2) is 15.1 Å². The molecule has 1 aromatic carbocycles. The zero-order chi connectivity index (χ0) is 22.8. The molecule has 0 fully saturated rings. The Morgan fingerprint density at radius 3 is 2.16 bits per heavy atom. The lowest BCUT2D eigenvalue weighted by Gasteiger charge is -2.17. The Morgan fingerprint density at radius 1 is 0.968 bits per heavy atom. The maximum absolute atomic E-state index is 7.59. The highest BCUT2D eigenvalue weighted by Gasteiger charge is 2.27. The van der Waals surface area contributed by atoms with E-state index in [0.29, 0.717) is 10.7 Å². The van der Waals surface area contributed by atoms with Crippen LogP contribution < -0.4 is 4.90 Å². The molecule has 0 saturated carbocycles. The maximum atomic E-state index is 7.59. The number of aromatic nitrogens is 2. The Labute approximate surface area is 192 Å². The Balaban J connectivity index is 1.94. The number of anilines is 1. The second-order valence-corrected chi connectivity index (χ2v) is 11.2. The number of rotatable bonds is 5. The molecular formula is C23H28N6S2. The molecule has 8 heteroatoms. The fourth-order valence-electron chi connectivity index (χ4n) is 2.97. The number of benzene rings is 1. The van der Waals surface area contributed by atoms with Crippen molar-refractivity contribution in [1.82, 2.24) is 9.36 Å². The van der Waals surface area contributed by atoms with Crippen LogP contribution in [0, 0.1) is 6.57 Å². The van der Waals surface area contributed by atoms with Crippen LogP contribution in [0.1, 0.15) is 58.5 Å². The molecule has 0 N–H and O–H groups in total. The topological polar surface area (TPSA) is 58.1 Å². The minimum atomic E-state index is -0.210.